The molecule has 1 aliphatic rings. The zero-order chi connectivity index (χ0) is 14.7. The number of fused-ring (bicyclic) bond motifs is 2. The topological polar surface area (TPSA) is 71.2 Å². The molecule has 0 radical (unpaired) electrons. The Labute approximate surface area is 123 Å². The van der Waals surface area contributed by atoms with E-state index in [0.29, 0.717) is 12.4 Å². The fourth-order valence-corrected chi connectivity index (χ4v) is 2.29. The molecular weight excluding hydrogens is 266 g/mol. The third kappa shape index (κ3) is 3.08. The minimum Gasteiger partial charge on any atom is -0.337 e. The van der Waals surface area contributed by atoms with Gasteiger partial charge in [-0.2, -0.15) is 0 Å². The van der Waals surface area contributed by atoms with E-state index in [1.807, 2.05) is 18.2 Å². The van der Waals surface area contributed by atoms with E-state index in [9.17, 15) is 0 Å². The van der Waals surface area contributed by atoms with Crippen LogP contribution in [0.5, 0.6) is 0 Å². The molecule has 21 heavy (non-hydrogen) atoms. The number of para-hydroxylation sites is 1. The van der Waals surface area contributed by atoms with Crippen LogP contribution in [0.2, 0.25) is 0 Å². The standard InChI is InChI=1S/C14H19N7/c1-20(2)9-5-8-15-13-14-17-18-19-21(14)10-11-6-3-4-7-12(11)16-13/h3-4,6-7H,5,8-10H2,1-2H3,(H,15,16). The van der Waals surface area contributed by atoms with Crippen LogP contribution < -0.4 is 5.32 Å². The summed E-state index contributed by atoms with van der Waals surface area (Å²) in [5, 5.41) is 15.3. The monoisotopic (exact) mass is 285 g/mol. The molecule has 0 aliphatic carbocycles. The molecule has 2 heterocycles. The summed E-state index contributed by atoms with van der Waals surface area (Å²) in [5.74, 6) is 1.43. The Bertz CT molecular complexity index is 644. The first-order valence-corrected chi connectivity index (χ1v) is 7.04. The third-order valence-electron chi connectivity index (χ3n) is 3.37. The number of anilines is 1. The van der Waals surface area contributed by atoms with Gasteiger partial charge in [0.2, 0.25) is 5.82 Å². The van der Waals surface area contributed by atoms with E-state index >= 15 is 0 Å². The largest absolute Gasteiger partial charge is 0.337 e. The van der Waals surface area contributed by atoms with Gasteiger partial charge in [0.25, 0.3) is 0 Å². The highest BCUT2D eigenvalue weighted by atomic mass is 15.5. The van der Waals surface area contributed by atoms with Crippen LogP contribution in [0.1, 0.15) is 17.8 Å². The summed E-state index contributed by atoms with van der Waals surface area (Å²) in [6.45, 7) is 2.41. The molecule has 2 aromatic rings. The van der Waals surface area contributed by atoms with Gasteiger partial charge in [0.1, 0.15) is 0 Å². The average Bonchev–Trinajstić information content (AvgIpc) is 2.86. The van der Waals surface area contributed by atoms with E-state index in [-0.39, 0.29) is 0 Å². The maximum Gasteiger partial charge on any atom is 0.217 e. The molecule has 0 saturated carbocycles. The molecule has 1 N–H and O–H groups in total. The molecule has 1 aromatic heterocycles. The summed E-state index contributed by atoms with van der Waals surface area (Å²) >= 11 is 0. The summed E-state index contributed by atoms with van der Waals surface area (Å²) < 4.78 is 1.78. The number of nitrogens with zero attached hydrogens (tertiary/aromatic N) is 6. The molecule has 0 spiro atoms. The van der Waals surface area contributed by atoms with Crippen molar-refractivity contribution in [1.29, 1.82) is 0 Å². The number of hydrogen-bond acceptors (Lipinski definition) is 5. The minimum absolute atomic E-state index is 0.655. The van der Waals surface area contributed by atoms with Crippen molar-refractivity contribution in [3.8, 4) is 0 Å². The Balaban J connectivity index is 1.85. The minimum atomic E-state index is 0.655. The van der Waals surface area contributed by atoms with Gasteiger partial charge in [-0.1, -0.05) is 18.2 Å². The van der Waals surface area contributed by atoms with Crippen LogP contribution in [0.3, 0.4) is 0 Å². The molecule has 0 atom stereocenters. The molecular formula is C14H19N7. The number of tetrazole rings is 1. The van der Waals surface area contributed by atoms with Crippen molar-refractivity contribution in [3.05, 3.63) is 35.7 Å². The normalized spacial score (nSPS) is 15.5. The SMILES string of the molecule is CN(C)CCCN=C1Nc2ccccc2Cn2nnnc21. The van der Waals surface area contributed by atoms with Crippen molar-refractivity contribution in [2.45, 2.75) is 13.0 Å². The Hall–Kier alpha value is -2.28. The number of hydrogen-bond donors (Lipinski definition) is 1. The molecule has 1 aromatic carbocycles. The summed E-state index contributed by atoms with van der Waals surface area (Å²) in [6, 6.07) is 8.15. The second-order valence-corrected chi connectivity index (χ2v) is 5.33. The highest BCUT2D eigenvalue weighted by Gasteiger charge is 2.19. The van der Waals surface area contributed by atoms with Crippen molar-refractivity contribution in [3.63, 3.8) is 0 Å². The van der Waals surface area contributed by atoms with E-state index in [1.165, 1.54) is 0 Å². The Kier molecular flexibility index (Phi) is 3.92. The van der Waals surface area contributed by atoms with E-state index in [2.05, 4.69) is 50.9 Å². The van der Waals surface area contributed by atoms with Crippen LogP contribution in [0.25, 0.3) is 0 Å². The lowest BCUT2D eigenvalue weighted by Gasteiger charge is -2.09. The summed E-state index contributed by atoms with van der Waals surface area (Å²) in [7, 11) is 4.13. The molecule has 110 valence electrons. The predicted molar refractivity (Wildman–Crippen MR) is 81.6 cm³/mol. The second-order valence-electron chi connectivity index (χ2n) is 5.33. The van der Waals surface area contributed by atoms with E-state index < -0.39 is 0 Å². The van der Waals surface area contributed by atoms with Crippen LogP contribution in [-0.4, -0.2) is 58.1 Å². The number of benzene rings is 1. The number of amidine groups is 1. The first-order chi connectivity index (χ1) is 10.2. The van der Waals surface area contributed by atoms with Gasteiger partial charge < -0.3 is 10.2 Å². The zero-order valence-corrected chi connectivity index (χ0v) is 12.3. The van der Waals surface area contributed by atoms with Crippen LogP contribution in [0.15, 0.2) is 29.3 Å². The highest BCUT2D eigenvalue weighted by molar-refractivity contribution is 6.06. The molecule has 0 amide bonds. The van der Waals surface area contributed by atoms with Crippen molar-refractivity contribution in [2.24, 2.45) is 4.99 Å². The molecule has 0 bridgehead atoms. The average molecular weight is 285 g/mol. The van der Waals surface area contributed by atoms with Gasteiger partial charge in [-0.3, -0.25) is 4.99 Å². The van der Waals surface area contributed by atoms with Crippen LogP contribution in [0, 0.1) is 0 Å². The van der Waals surface area contributed by atoms with Gasteiger partial charge in [0, 0.05) is 12.2 Å². The Morgan fingerprint density at radius 1 is 1.33 bits per heavy atom. The zero-order valence-electron chi connectivity index (χ0n) is 12.3. The van der Waals surface area contributed by atoms with Crippen molar-refractivity contribution < 1.29 is 0 Å². The first-order valence-electron chi connectivity index (χ1n) is 7.04. The molecule has 3 rings (SSSR count). The van der Waals surface area contributed by atoms with Gasteiger partial charge in [0.15, 0.2) is 5.84 Å². The van der Waals surface area contributed by atoms with E-state index in [0.717, 1.165) is 36.6 Å². The van der Waals surface area contributed by atoms with E-state index in [1.54, 1.807) is 4.68 Å². The molecule has 0 unspecified atom stereocenters. The molecule has 7 heteroatoms. The Morgan fingerprint density at radius 2 is 2.19 bits per heavy atom. The molecule has 0 fully saturated rings. The predicted octanol–water partition coefficient (Wildman–Crippen LogP) is 0.845. The van der Waals surface area contributed by atoms with Gasteiger partial charge >= 0.3 is 0 Å². The Morgan fingerprint density at radius 3 is 3.05 bits per heavy atom. The van der Waals surface area contributed by atoms with Crippen LogP contribution in [0.4, 0.5) is 5.69 Å². The van der Waals surface area contributed by atoms with Crippen LogP contribution in [-0.2, 0) is 6.54 Å². The quantitative estimate of drug-likeness (QED) is 0.843. The van der Waals surface area contributed by atoms with Crippen molar-refractivity contribution in [2.75, 3.05) is 32.5 Å². The van der Waals surface area contributed by atoms with Gasteiger partial charge in [-0.25, -0.2) is 4.68 Å². The smallest absolute Gasteiger partial charge is 0.217 e. The molecule has 1 aliphatic heterocycles. The third-order valence-corrected chi connectivity index (χ3v) is 3.37. The van der Waals surface area contributed by atoms with Crippen molar-refractivity contribution >= 4 is 11.5 Å². The summed E-state index contributed by atoms with van der Waals surface area (Å²) in [4.78, 5) is 6.80. The van der Waals surface area contributed by atoms with Crippen LogP contribution >= 0.6 is 0 Å². The first kappa shape index (κ1) is 13.7. The van der Waals surface area contributed by atoms with Gasteiger partial charge in [-0.15, -0.1) is 5.10 Å². The molecule has 0 saturated heterocycles. The molecule has 7 nitrogen and oxygen atoms in total. The fraction of sp³-hybridized carbons (Fsp3) is 0.429. The number of rotatable bonds is 4. The van der Waals surface area contributed by atoms with Gasteiger partial charge in [-0.05, 0) is 49.1 Å². The van der Waals surface area contributed by atoms with E-state index in [4.69, 9.17) is 0 Å². The fourth-order valence-electron chi connectivity index (χ4n) is 2.29. The maximum atomic E-state index is 4.64. The summed E-state index contributed by atoms with van der Waals surface area (Å²) in [5.41, 5.74) is 2.21. The lowest BCUT2D eigenvalue weighted by molar-refractivity contribution is 0.403. The van der Waals surface area contributed by atoms with Gasteiger partial charge in [0.05, 0.1) is 6.54 Å². The number of aromatic nitrogens is 4. The lowest BCUT2D eigenvalue weighted by atomic mass is 10.2. The number of nitrogens with one attached hydrogen (secondary N) is 1. The lowest BCUT2D eigenvalue weighted by Crippen LogP contribution is -2.19. The highest BCUT2D eigenvalue weighted by Crippen LogP contribution is 2.20. The number of aliphatic imine (C=N–C) groups is 1. The second kappa shape index (κ2) is 6.01. The summed E-state index contributed by atoms with van der Waals surface area (Å²) in [6.07, 6.45) is 1.00. The van der Waals surface area contributed by atoms with Crippen molar-refractivity contribution in [1.82, 2.24) is 25.1 Å². The maximum absolute atomic E-state index is 4.64.